The summed E-state index contributed by atoms with van der Waals surface area (Å²) in [6.07, 6.45) is 6.56. The van der Waals surface area contributed by atoms with Crippen molar-refractivity contribution in [2.24, 2.45) is 5.73 Å². The standard InChI is InChI=1S/C18H17N10OS.Rb/c19-15(29)14-5-11(9-30-14)13-8-21-16(17-24-10-25-28(13)17)26-12-6-22-18(23-7-12)27-3-1-20-2-4-27;/h5-10H,1-4H2,(H2,19,29)(H,21,26);/q-1;+1. The van der Waals surface area contributed by atoms with Crippen LogP contribution in [0.5, 0.6) is 0 Å². The Morgan fingerprint density at radius 1 is 1.13 bits per heavy atom. The third kappa shape index (κ3) is 4.68. The molecule has 0 spiro atoms. The van der Waals surface area contributed by atoms with Gasteiger partial charge in [-0.05, 0) is 6.07 Å². The first-order valence-corrected chi connectivity index (χ1v) is 10.1. The van der Waals surface area contributed by atoms with Gasteiger partial charge >= 0.3 is 58.2 Å². The Hall–Kier alpha value is -1.83. The predicted octanol–water partition coefficient (Wildman–Crippen LogP) is -1.32. The molecule has 1 aliphatic heterocycles. The van der Waals surface area contributed by atoms with Gasteiger partial charge in [-0.25, -0.2) is 24.5 Å². The summed E-state index contributed by atoms with van der Waals surface area (Å²) in [6, 6.07) is 1.72. The molecule has 0 aliphatic carbocycles. The third-order valence-electron chi connectivity index (χ3n) is 4.68. The fourth-order valence-corrected chi connectivity index (χ4v) is 3.95. The Bertz CT molecular complexity index is 1200. The molecule has 0 atom stereocenters. The predicted molar refractivity (Wildman–Crippen MR) is 113 cm³/mol. The van der Waals surface area contributed by atoms with E-state index in [-0.39, 0.29) is 58.2 Å². The molecular formula is C18H17N10ORbS. The van der Waals surface area contributed by atoms with E-state index in [9.17, 15) is 4.79 Å². The minimum atomic E-state index is -0.463. The van der Waals surface area contributed by atoms with Crippen molar-refractivity contribution >= 4 is 40.3 Å². The van der Waals surface area contributed by atoms with E-state index in [2.05, 4.69) is 40.6 Å². The van der Waals surface area contributed by atoms with Gasteiger partial charge in [-0.2, -0.15) is 5.10 Å². The van der Waals surface area contributed by atoms with Crippen LogP contribution in [0.1, 0.15) is 9.67 Å². The zero-order valence-electron chi connectivity index (χ0n) is 16.8. The average Bonchev–Trinajstić information content (AvgIpc) is 3.46. The number of carbonyl (C=O) groups is 1. The number of nitrogens with zero attached hydrogens (tertiary/aromatic N) is 8. The van der Waals surface area contributed by atoms with Crippen molar-refractivity contribution in [3.8, 4) is 11.3 Å². The molecule has 0 radical (unpaired) electrons. The van der Waals surface area contributed by atoms with Crippen molar-refractivity contribution in [2.75, 3.05) is 36.4 Å². The normalized spacial score (nSPS) is 13.7. The fraction of sp³-hybridized carbons (Fsp3) is 0.222. The van der Waals surface area contributed by atoms with Gasteiger partial charge in [-0.15, -0.1) is 24.4 Å². The molecule has 1 fully saturated rings. The Kier molecular flexibility index (Phi) is 7.04. The number of carbonyl (C=O) groups excluding carboxylic acids is 1. The van der Waals surface area contributed by atoms with E-state index in [1.54, 1.807) is 29.2 Å². The van der Waals surface area contributed by atoms with Gasteiger partial charge in [0.05, 0.1) is 34.8 Å². The van der Waals surface area contributed by atoms with E-state index >= 15 is 0 Å². The molecule has 1 amide bonds. The summed E-state index contributed by atoms with van der Waals surface area (Å²) in [4.78, 5) is 31.7. The molecule has 1 saturated heterocycles. The van der Waals surface area contributed by atoms with Crippen molar-refractivity contribution in [1.29, 1.82) is 0 Å². The second-order valence-corrected chi connectivity index (χ2v) is 7.52. The topological polar surface area (TPSA) is 141 Å². The van der Waals surface area contributed by atoms with Gasteiger partial charge in [-0.3, -0.25) is 4.79 Å². The van der Waals surface area contributed by atoms with E-state index in [0.717, 1.165) is 31.7 Å². The molecule has 152 valence electrons. The van der Waals surface area contributed by atoms with Gasteiger partial charge < -0.3 is 21.3 Å². The van der Waals surface area contributed by atoms with Crippen molar-refractivity contribution < 1.29 is 63.0 Å². The van der Waals surface area contributed by atoms with Crippen LogP contribution in [0.4, 0.5) is 17.5 Å². The number of amides is 1. The monoisotopic (exact) mass is 506 g/mol. The SMILES string of the molecule is NC(=O)c1cc(-c2cnc(Nc3cnc(N4CC[N-]CC4)nc3)c3ncnn23)cs1.[Rb+]. The van der Waals surface area contributed by atoms with Gasteiger partial charge in [0.1, 0.15) is 6.33 Å². The largest absolute Gasteiger partial charge is 1.00 e. The molecular weight excluding hydrogens is 490 g/mol. The summed E-state index contributed by atoms with van der Waals surface area (Å²) in [5.74, 6) is 0.749. The Labute approximate surface area is 230 Å². The van der Waals surface area contributed by atoms with Crippen LogP contribution in [-0.2, 0) is 0 Å². The van der Waals surface area contributed by atoms with Crippen molar-refractivity contribution in [1.82, 2.24) is 29.5 Å². The molecule has 0 saturated carbocycles. The van der Waals surface area contributed by atoms with Crippen molar-refractivity contribution in [3.05, 3.63) is 46.6 Å². The molecule has 4 aromatic rings. The maximum Gasteiger partial charge on any atom is 1.00 e. The molecule has 1 aliphatic rings. The van der Waals surface area contributed by atoms with Crippen LogP contribution in [0.2, 0.25) is 0 Å². The second-order valence-electron chi connectivity index (χ2n) is 6.61. The number of aromatic nitrogens is 6. The molecule has 3 N–H and O–H groups in total. The van der Waals surface area contributed by atoms with Crippen LogP contribution < -0.4 is 74.1 Å². The summed E-state index contributed by atoms with van der Waals surface area (Å²) < 4.78 is 1.66. The maximum atomic E-state index is 11.4. The summed E-state index contributed by atoms with van der Waals surface area (Å²) in [7, 11) is 0. The minimum Gasteiger partial charge on any atom is -0.659 e. The maximum absolute atomic E-state index is 11.4. The average molecular weight is 507 g/mol. The Morgan fingerprint density at radius 3 is 2.61 bits per heavy atom. The number of primary amides is 1. The number of piperazine rings is 1. The number of hydrogen-bond acceptors (Lipinski definition) is 9. The molecule has 5 rings (SSSR count). The van der Waals surface area contributed by atoms with Gasteiger partial charge in [0.2, 0.25) is 5.95 Å². The van der Waals surface area contributed by atoms with Crippen LogP contribution in [0, 0.1) is 0 Å². The molecule has 0 aromatic carbocycles. The first-order chi connectivity index (χ1) is 14.7. The van der Waals surface area contributed by atoms with E-state index in [1.165, 1.54) is 17.7 Å². The van der Waals surface area contributed by atoms with E-state index < -0.39 is 5.91 Å². The number of anilines is 3. The van der Waals surface area contributed by atoms with Gasteiger partial charge in [0.15, 0.2) is 11.5 Å². The van der Waals surface area contributed by atoms with Gasteiger partial charge in [0.25, 0.3) is 5.91 Å². The van der Waals surface area contributed by atoms with E-state index in [4.69, 9.17) is 5.73 Å². The summed E-state index contributed by atoms with van der Waals surface area (Å²) >= 11 is 1.28. The van der Waals surface area contributed by atoms with Crippen LogP contribution in [-0.4, -0.2) is 61.6 Å². The second kappa shape index (κ2) is 9.75. The number of nitrogens with one attached hydrogen (secondary N) is 1. The minimum absolute atomic E-state index is 0. The quantitative estimate of drug-likeness (QED) is 0.339. The molecule has 11 nitrogen and oxygen atoms in total. The third-order valence-corrected chi connectivity index (χ3v) is 5.63. The number of nitrogens with two attached hydrogens (primary N) is 1. The summed E-state index contributed by atoms with van der Waals surface area (Å²) in [5.41, 5.74) is 8.10. The fourth-order valence-electron chi connectivity index (χ4n) is 3.19. The first-order valence-electron chi connectivity index (χ1n) is 9.24. The smallest absolute Gasteiger partial charge is 0.659 e. The van der Waals surface area contributed by atoms with Crippen molar-refractivity contribution in [3.63, 3.8) is 0 Å². The van der Waals surface area contributed by atoms with Crippen LogP contribution in [0.25, 0.3) is 22.2 Å². The number of hydrogen-bond donors (Lipinski definition) is 2. The summed E-state index contributed by atoms with van der Waals surface area (Å²) in [5, 5.41) is 13.7. The van der Waals surface area contributed by atoms with Crippen molar-refractivity contribution in [2.45, 2.75) is 0 Å². The molecule has 5 heterocycles. The summed E-state index contributed by atoms with van der Waals surface area (Å²) in [6.45, 7) is 3.26. The van der Waals surface area contributed by atoms with Crippen LogP contribution in [0.15, 0.2) is 36.4 Å². The molecule has 31 heavy (non-hydrogen) atoms. The number of thiophene rings is 1. The molecule has 0 bridgehead atoms. The first kappa shape index (κ1) is 22.4. The molecule has 4 aromatic heterocycles. The van der Waals surface area contributed by atoms with E-state index in [0.29, 0.717) is 33.7 Å². The number of rotatable bonds is 5. The van der Waals surface area contributed by atoms with Crippen LogP contribution in [0.3, 0.4) is 0 Å². The Balaban J connectivity index is 0.00000231. The van der Waals surface area contributed by atoms with Gasteiger partial charge in [-0.1, -0.05) is 0 Å². The molecule has 13 heteroatoms. The zero-order valence-corrected chi connectivity index (χ0v) is 22.5. The van der Waals surface area contributed by atoms with Gasteiger partial charge in [0, 0.05) is 24.0 Å². The number of fused-ring (bicyclic) bond motifs is 1. The zero-order chi connectivity index (χ0) is 20.5. The molecule has 0 unspecified atom stereocenters. The van der Waals surface area contributed by atoms with Crippen LogP contribution >= 0.6 is 11.3 Å². The Morgan fingerprint density at radius 2 is 1.90 bits per heavy atom. The van der Waals surface area contributed by atoms with E-state index in [1.807, 2.05) is 5.38 Å².